The van der Waals surface area contributed by atoms with Crippen LogP contribution in [0.3, 0.4) is 0 Å². The lowest BCUT2D eigenvalue weighted by atomic mass is 10.2. The van der Waals surface area contributed by atoms with E-state index in [0.717, 1.165) is 5.69 Å². The van der Waals surface area contributed by atoms with Crippen LogP contribution < -0.4 is 4.74 Å². The lowest BCUT2D eigenvalue weighted by Gasteiger charge is -2.08. The number of hydrogen-bond acceptors (Lipinski definition) is 4. The molecule has 2 aromatic heterocycles. The van der Waals surface area contributed by atoms with Gasteiger partial charge in [-0.25, -0.2) is 0 Å². The Balaban J connectivity index is 2.24. The lowest BCUT2D eigenvalue weighted by Crippen LogP contribution is -1.99. The maximum absolute atomic E-state index is 9.24. The fourth-order valence-corrected chi connectivity index (χ4v) is 1.56. The molecule has 0 saturated carbocycles. The Morgan fingerprint density at radius 3 is 2.78 bits per heavy atom. The van der Waals surface area contributed by atoms with Crippen LogP contribution in [0.2, 0.25) is 0 Å². The van der Waals surface area contributed by atoms with Gasteiger partial charge in [-0.3, -0.25) is 9.67 Å². The van der Waals surface area contributed by atoms with E-state index in [9.17, 15) is 5.11 Å². The molecular formula is C13H17N3O2. The van der Waals surface area contributed by atoms with Gasteiger partial charge < -0.3 is 9.84 Å². The van der Waals surface area contributed by atoms with Crippen molar-refractivity contribution >= 4 is 0 Å². The standard InChI is InChI=1S/C13H17N3O2/c1-9(2)16-7-12(6-15-16)18-13-4-10(3)14-5-11(13)8-17/h4-7,9,17H,8H2,1-3H3. The van der Waals surface area contributed by atoms with E-state index in [4.69, 9.17) is 4.74 Å². The molecule has 0 spiro atoms. The number of aryl methyl sites for hydroxylation is 1. The second kappa shape index (κ2) is 5.18. The van der Waals surface area contributed by atoms with Gasteiger partial charge >= 0.3 is 0 Å². The van der Waals surface area contributed by atoms with Crippen molar-refractivity contribution in [3.63, 3.8) is 0 Å². The minimum atomic E-state index is -0.0963. The van der Waals surface area contributed by atoms with Gasteiger partial charge in [-0.15, -0.1) is 0 Å². The van der Waals surface area contributed by atoms with E-state index < -0.39 is 0 Å². The van der Waals surface area contributed by atoms with Crippen molar-refractivity contribution in [3.05, 3.63) is 35.9 Å². The molecule has 2 heterocycles. The van der Waals surface area contributed by atoms with E-state index in [-0.39, 0.29) is 6.61 Å². The summed E-state index contributed by atoms with van der Waals surface area (Å²) in [5, 5.41) is 13.4. The van der Waals surface area contributed by atoms with Crippen LogP contribution in [0, 0.1) is 6.92 Å². The summed E-state index contributed by atoms with van der Waals surface area (Å²) in [6.45, 7) is 5.88. The highest BCUT2D eigenvalue weighted by Crippen LogP contribution is 2.25. The normalized spacial score (nSPS) is 10.9. The van der Waals surface area contributed by atoms with Crippen LogP contribution in [0.15, 0.2) is 24.7 Å². The molecule has 0 aliphatic heterocycles. The molecule has 0 aromatic carbocycles. The first-order chi connectivity index (χ1) is 8.60. The monoisotopic (exact) mass is 247 g/mol. The van der Waals surface area contributed by atoms with Crippen molar-refractivity contribution in [3.8, 4) is 11.5 Å². The molecule has 18 heavy (non-hydrogen) atoms. The topological polar surface area (TPSA) is 60.2 Å². The van der Waals surface area contributed by atoms with Gasteiger partial charge in [-0.05, 0) is 20.8 Å². The van der Waals surface area contributed by atoms with Gasteiger partial charge in [0, 0.05) is 29.6 Å². The fourth-order valence-electron chi connectivity index (χ4n) is 1.56. The molecule has 0 aliphatic rings. The van der Waals surface area contributed by atoms with Crippen molar-refractivity contribution in [2.45, 2.75) is 33.4 Å². The van der Waals surface area contributed by atoms with E-state index in [0.29, 0.717) is 23.1 Å². The Hall–Kier alpha value is -1.88. The molecule has 0 unspecified atom stereocenters. The summed E-state index contributed by atoms with van der Waals surface area (Å²) in [5.41, 5.74) is 1.51. The molecule has 5 nitrogen and oxygen atoms in total. The van der Waals surface area contributed by atoms with Gasteiger partial charge in [0.05, 0.1) is 19.0 Å². The Labute approximate surface area is 106 Å². The van der Waals surface area contributed by atoms with Gasteiger partial charge in [0.25, 0.3) is 0 Å². The third kappa shape index (κ3) is 2.68. The van der Waals surface area contributed by atoms with Gasteiger partial charge in [0.1, 0.15) is 5.75 Å². The Morgan fingerprint density at radius 1 is 1.39 bits per heavy atom. The molecule has 0 atom stereocenters. The van der Waals surface area contributed by atoms with Gasteiger partial charge in [-0.1, -0.05) is 0 Å². The van der Waals surface area contributed by atoms with E-state index in [1.807, 2.05) is 31.6 Å². The first kappa shape index (κ1) is 12.6. The maximum Gasteiger partial charge on any atom is 0.165 e. The Bertz CT molecular complexity index is 535. The van der Waals surface area contributed by atoms with Crippen LogP contribution >= 0.6 is 0 Å². The van der Waals surface area contributed by atoms with Crippen molar-refractivity contribution in [1.82, 2.24) is 14.8 Å². The van der Waals surface area contributed by atoms with Gasteiger partial charge in [-0.2, -0.15) is 5.10 Å². The van der Waals surface area contributed by atoms with E-state index >= 15 is 0 Å². The zero-order chi connectivity index (χ0) is 13.1. The van der Waals surface area contributed by atoms with Crippen LogP contribution in [0.25, 0.3) is 0 Å². The summed E-state index contributed by atoms with van der Waals surface area (Å²) in [6.07, 6.45) is 5.12. The number of aliphatic hydroxyl groups excluding tert-OH is 1. The number of aliphatic hydroxyl groups is 1. The Morgan fingerprint density at radius 2 is 2.17 bits per heavy atom. The van der Waals surface area contributed by atoms with Crippen molar-refractivity contribution in [2.24, 2.45) is 0 Å². The van der Waals surface area contributed by atoms with Gasteiger partial charge in [0.15, 0.2) is 5.75 Å². The largest absolute Gasteiger partial charge is 0.454 e. The zero-order valence-corrected chi connectivity index (χ0v) is 10.8. The molecular weight excluding hydrogens is 230 g/mol. The zero-order valence-electron chi connectivity index (χ0n) is 10.8. The number of ether oxygens (including phenoxy) is 1. The number of aromatic nitrogens is 3. The third-order valence-electron chi connectivity index (χ3n) is 2.59. The highest BCUT2D eigenvalue weighted by molar-refractivity contribution is 5.35. The van der Waals surface area contributed by atoms with E-state index in [1.54, 1.807) is 18.5 Å². The van der Waals surface area contributed by atoms with Crippen molar-refractivity contribution in [1.29, 1.82) is 0 Å². The summed E-state index contributed by atoms with van der Waals surface area (Å²) >= 11 is 0. The molecule has 0 bridgehead atoms. The third-order valence-corrected chi connectivity index (χ3v) is 2.59. The molecule has 0 radical (unpaired) electrons. The Kier molecular flexibility index (Phi) is 3.62. The lowest BCUT2D eigenvalue weighted by molar-refractivity contribution is 0.276. The van der Waals surface area contributed by atoms with Crippen LogP contribution in [-0.2, 0) is 6.61 Å². The predicted octanol–water partition coefficient (Wildman–Crippen LogP) is 2.45. The summed E-state index contributed by atoms with van der Waals surface area (Å²) in [4.78, 5) is 4.12. The molecule has 5 heteroatoms. The average molecular weight is 247 g/mol. The number of rotatable bonds is 4. The maximum atomic E-state index is 9.24. The van der Waals surface area contributed by atoms with Crippen LogP contribution in [0.4, 0.5) is 0 Å². The predicted molar refractivity (Wildman–Crippen MR) is 67.6 cm³/mol. The number of nitrogens with zero attached hydrogens (tertiary/aromatic N) is 3. The average Bonchev–Trinajstić information content (AvgIpc) is 2.78. The molecule has 0 amide bonds. The molecule has 0 aliphatic carbocycles. The smallest absolute Gasteiger partial charge is 0.165 e. The highest BCUT2D eigenvalue weighted by atomic mass is 16.5. The summed E-state index contributed by atoms with van der Waals surface area (Å²) < 4.78 is 7.55. The van der Waals surface area contributed by atoms with E-state index in [1.165, 1.54) is 0 Å². The van der Waals surface area contributed by atoms with Crippen LogP contribution in [0.5, 0.6) is 11.5 Å². The molecule has 2 aromatic rings. The second-order valence-corrected chi connectivity index (χ2v) is 4.44. The number of pyridine rings is 1. The minimum Gasteiger partial charge on any atom is -0.454 e. The molecule has 0 saturated heterocycles. The fraction of sp³-hybridized carbons (Fsp3) is 0.385. The molecule has 2 rings (SSSR count). The van der Waals surface area contributed by atoms with Crippen molar-refractivity contribution in [2.75, 3.05) is 0 Å². The van der Waals surface area contributed by atoms with Crippen molar-refractivity contribution < 1.29 is 9.84 Å². The highest BCUT2D eigenvalue weighted by Gasteiger charge is 2.08. The number of hydrogen-bond donors (Lipinski definition) is 1. The first-order valence-electron chi connectivity index (χ1n) is 5.88. The minimum absolute atomic E-state index is 0.0963. The van der Waals surface area contributed by atoms with Crippen LogP contribution in [-0.4, -0.2) is 19.9 Å². The van der Waals surface area contributed by atoms with Crippen LogP contribution in [0.1, 0.15) is 31.1 Å². The second-order valence-electron chi connectivity index (χ2n) is 4.44. The first-order valence-corrected chi connectivity index (χ1v) is 5.88. The summed E-state index contributed by atoms with van der Waals surface area (Å²) in [7, 11) is 0. The van der Waals surface area contributed by atoms with Gasteiger partial charge in [0.2, 0.25) is 0 Å². The summed E-state index contributed by atoms with van der Waals surface area (Å²) in [6, 6.07) is 2.09. The summed E-state index contributed by atoms with van der Waals surface area (Å²) in [5.74, 6) is 1.28. The quantitative estimate of drug-likeness (QED) is 0.901. The molecule has 0 fully saturated rings. The SMILES string of the molecule is Cc1cc(Oc2cnn(C(C)C)c2)c(CO)cn1. The molecule has 96 valence electrons. The molecule has 1 N–H and O–H groups in total. The van der Waals surface area contributed by atoms with E-state index in [2.05, 4.69) is 10.1 Å².